The van der Waals surface area contributed by atoms with E-state index in [1.807, 2.05) is 72.8 Å². The quantitative estimate of drug-likeness (QED) is 0.190. The molecule has 0 atom stereocenters. The summed E-state index contributed by atoms with van der Waals surface area (Å²) in [4.78, 5) is 15.6. The Kier molecular flexibility index (Phi) is 5.86. The van der Waals surface area contributed by atoms with Crippen LogP contribution in [-0.4, -0.2) is 24.1 Å². The number of hydrogen-bond acceptors (Lipinski definition) is 4. The van der Waals surface area contributed by atoms with Gasteiger partial charge in [0.25, 0.3) is 0 Å². The van der Waals surface area contributed by atoms with Crippen LogP contribution in [0.5, 0.6) is 0 Å². The highest BCUT2D eigenvalue weighted by molar-refractivity contribution is 6.30. The summed E-state index contributed by atoms with van der Waals surface area (Å²) < 4.78 is 11.1. The van der Waals surface area contributed by atoms with E-state index < -0.39 is 0 Å². The van der Waals surface area contributed by atoms with Crippen molar-refractivity contribution in [3.63, 3.8) is 0 Å². The van der Waals surface area contributed by atoms with Gasteiger partial charge in [-0.25, -0.2) is 4.98 Å². The van der Waals surface area contributed by atoms with Gasteiger partial charge in [0, 0.05) is 43.7 Å². The molecule has 0 saturated heterocycles. The lowest BCUT2D eigenvalue weighted by Gasteiger charge is -2.12. The van der Waals surface area contributed by atoms with Crippen LogP contribution in [-0.2, 0) is 0 Å². The predicted molar refractivity (Wildman–Crippen MR) is 207 cm³/mol. The molecule has 51 heavy (non-hydrogen) atoms. The zero-order valence-corrected chi connectivity index (χ0v) is 27.2. The van der Waals surface area contributed by atoms with Crippen LogP contribution >= 0.6 is 0 Å². The van der Waals surface area contributed by atoms with E-state index >= 15 is 0 Å². The molecule has 0 spiro atoms. The van der Waals surface area contributed by atoms with E-state index in [1.165, 1.54) is 0 Å². The van der Waals surface area contributed by atoms with Crippen molar-refractivity contribution in [2.45, 2.75) is 0 Å². The molecule has 0 radical (unpaired) electrons. The van der Waals surface area contributed by atoms with Gasteiger partial charge in [-0.1, -0.05) is 121 Å². The predicted octanol–water partition coefficient (Wildman–Crippen LogP) is 11.3. The number of nitrogens with zero attached hydrogens (tertiary/aromatic N) is 5. The Labute approximate surface area is 291 Å². The first-order valence-electron chi connectivity index (χ1n) is 17.0. The Morgan fingerprint density at radius 3 is 1.65 bits per heavy atom. The summed E-state index contributed by atoms with van der Waals surface area (Å²) in [5, 5.41) is 6.58. The highest BCUT2D eigenvalue weighted by atomic mass is 16.3. The molecular weight excluding hydrogens is 627 g/mol. The van der Waals surface area contributed by atoms with Gasteiger partial charge in [0.2, 0.25) is 5.95 Å². The maximum absolute atomic E-state index is 6.48. The summed E-state index contributed by atoms with van der Waals surface area (Å²) >= 11 is 0. The second kappa shape index (κ2) is 10.7. The van der Waals surface area contributed by atoms with Crippen molar-refractivity contribution in [1.82, 2.24) is 24.1 Å². The summed E-state index contributed by atoms with van der Waals surface area (Å²) in [7, 11) is 0. The molecule has 0 aliphatic rings. The standard InChI is InChI=1S/C45H27N5O/c1-4-14-28(15-5-1)43-46-44(29-16-6-2-7-17-29)48-45(47-43)50-41-31(32-25-27-38-40(42(32)50)34-21-11-13-23-37(34)51-38)24-26-36-39(41)33-20-10-12-22-35(33)49(36)30-18-8-3-9-19-30/h1-27H. The van der Waals surface area contributed by atoms with Gasteiger partial charge >= 0.3 is 0 Å². The molecule has 6 nitrogen and oxygen atoms in total. The minimum Gasteiger partial charge on any atom is -0.456 e. The van der Waals surface area contributed by atoms with Gasteiger partial charge in [0.15, 0.2) is 11.6 Å². The van der Waals surface area contributed by atoms with Crippen LogP contribution in [0.3, 0.4) is 0 Å². The number of fused-ring (bicyclic) bond motifs is 11. The van der Waals surface area contributed by atoms with Gasteiger partial charge in [-0.3, -0.25) is 4.57 Å². The molecule has 0 saturated carbocycles. The minimum absolute atomic E-state index is 0.546. The fourth-order valence-corrected chi connectivity index (χ4v) is 7.80. The van der Waals surface area contributed by atoms with Crippen LogP contribution in [0.15, 0.2) is 168 Å². The van der Waals surface area contributed by atoms with E-state index in [0.29, 0.717) is 17.6 Å². The molecule has 0 fully saturated rings. The molecule has 0 unspecified atom stereocenters. The minimum atomic E-state index is 0.546. The van der Waals surface area contributed by atoms with Crippen LogP contribution in [0.2, 0.25) is 0 Å². The summed E-state index contributed by atoms with van der Waals surface area (Å²) in [5.74, 6) is 1.76. The number of para-hydroxylation sites is 3. The average Bonchev–Trinajstić information content (AvgIpc) is 3.86. The zero-order valence-electron chi connectivity index (χ0n) is 27.2. The van der Waals surface area contributed by atoms with E-state index in [2.05, 4.69) is 100 Å². The fourth-order valence-electron chi connectivity index (χ4n) is 7.80. The molecule has 6 heteroatoms. The third kappa shape index (κ3) is 4.07. The first kappa shape index (κ1) is 27.9. The molecule has 4 heterocycles. The van der Waals surface area contributed by atoms with E-state index in [4.69, 9.17) is 19.4 Å². The average molecular weight is 654 g/mol. The number of benzene rings is 7. The zero-order chi connectivity index (χ0) is 33.5. The van der Waals surface area contributed by atoms with Gasteiger partial charge in [-0.15, -0.1) is 0 Å². The molecule has 0 aliphatic heterocycles. The summed E-state index contributed by atoms with van der Waals surface area (Å²) in [6, 6.07) is 56.5. The third-order valence-corrected chi connectivity index (χ3v) is 9.97. The summed E-state index contributed by atoms with van der Waals surface area (Å²) in [6.45, 7) is 0. The highest BCUT2D eigenvalue weighted by Crippen LogP contribution is 2.45. The van der Waals surface area contributed by atoms with Crippen molar-refractivity contribution in [2.75, 3.05) is 0 Å². The molecule has 11 rings (SSSR count). The maximum atomic E-state index is 6.48. The van der Waals surface area contributed by atoms with Crippen molar-refractivity contribution in [2.24, 2.45) is 0 Å². The summed E-state index contributed by atoms with van der Waals surface area (Å²) in [5.41, 5.74) is 8.88. The van der Waals surface area contributed by atoms with Crippen molar-refractivity contribution in [1.29, 1.82) is 0 Å². The van der Waals surface area contributed by atoms with Crippen molar-refractivity contribution in [3.8, 4) is 34.4 Å². The van der Waals surface area contributed by atoms with Crippen LogP contribution in [0, 0.1) is 0 Å². The number of rotatable bonds is 4. The van der Waals surface area contributed by atoms with Gasteiger partial charge in [-0.05, 0) is 42.5 Å². The number of hydrogen-bond donors (Lipinski definition) is 0. The van der Waals surface area contributed by atoms with Gasteiger partial charge < -0.3 is 8.98 Å². The van der Waals surface area contributed by atoms with Crippen LogP contribution < -0.4 is 0 Å². The van der Waals surface area contributed by atoms with Crippen molar-refractivity contribution in [3.05, 3.63) is 164 Å². The second-order valence-electron chi connectivity index (χ2n) is 12.8. The second-order valence-corrected chi connectivity index (χ2v) is 12.8. The van der Waals surface area contributed by atoms with E-state index in [9.17, 15) is 0 Å². The third-order valence-electron chi connectivity index (χ3n) is 9.97. The van der Waals surface area contributed by atoms with E-state index in [1.54, 1.807) is 0 Å². The van der Waals surface area contributed by atoms with Crippen LogP contribution in [0.4, 0.5) is 0 Å². The monoisotopic (exact) mass is 653 g/mol. The summed E-state index contributed by atoms with van der Waals surface area (Å²) in [6.07, 6.45) is 0. The van der Waals surface area contributed by atoms with Gasteiger partial charge in [-0.2, -0.15) is 9.97 Å². The molecule has 11 aromatic rings. The van der Waals surface area contributed by atoms with Crippen LogP contribution in [0.1, 0.15) is 0 Å². The lowest BCUT2D eigenvalue weighted by Crippen LogP contribution is -2.06. The Morgan fingerprint density at radius 2 is 0.941 bits per heavy atom. The highest BCUT2D eigenvalue weighted by Gasteiger charge is 2.25. The Morgan fingerprint density at radius 1 is 0.373 bits per heavy atom. The number of aromatic nitrogens is 5. The molecule has 0 amide bonds. The lowest BCUT2D eigenvalue weighted by atomic mass is 10.1. The molecule has 0 aliphatic carbocycles. The first-order valence-corrected chi connectivity index (χ1v) is 17.0. The van der Waals surface area contributed by atoms with Gasteiger partial charge in [0.1, 0.15) is 11.2 Å². The fraction of sp³-hybridized carbons (Fsp3) is 0. The molecule has 0 N–H and O–H groups in total. The van der Waals surface area contributed by atoms with Gasteiger partial charge in [0.05, 0.1) is 27.5 Å². The van der Waals surface area contributed by atoms with Crippen molar-refractivity contribution >= 4 is 65.6 Å². The maximum Gasteiger partial charge on any atom is 0.238 e. The smallest absolute Gasteiger partial charge is 0.238 e. The molecule has 7 aromatic carbocycles. The Balaban J connectivity index is 1.38. The molecule has 238 valence electrons. The topological polar surface area (TPSA) is 61.7 Å². The number of furan rings is 1. The van der Waals surface area contributed by atoms with E-state index in [0.717, 1.165) is 82.4 Å². The van der Waals surface area contributed by atoms with Crippen LogP contribution in [0.25, 0.3) is 100.0 Å². The normalized spacial score (nSPS) is 11.9. The lowest BCUT2D eigenvalue weighted by molar-refractivity contribution is 0.669. The first-order chi connectivity index (χ1) is 25.3. The molecule has 4 aromatic heterocycles. The SMILES string of the molecule is c1ccc(-c2nc(-c3ccccc3)nc(-n3c4c(ccc5oc6ccccc6c54)c4ccc5c(c6ccccc6n5-c5ccccc5)c43)n2)cc1. The van der Waals surface area contributed by atoms with Crippen molar-refractivity contribution < 1.29 is 4.42 Å². The van der Waals surface area contributed by atoms with E-state index in [-0.39, 0.29) is 0 Å². The Bertz CT molecular complexity index is 3060. The Hall–Kier alpha value is -7.05. The molecule has 0 bridgehead atoms. The molecular formula is C45H27N5O. The largest absolute Gasteiger partial charge is 0.456 e.